The van der Waals surface area contributed by atoms with Crippen LogP contribution >= 0.6 is 27.7 Å². The van der Waals surface area contributed by atoms with E-state index in [1.165, 1.54) is 18.6 Å². The van der Waals surface area contributed by atoms with Crippen molar-refractivity contribution >= 4 is 27.7 Å². The van der Waals surface area contributed by atoms with Crippen LogP contribution in [-0.4, -0.2) is 17.3 Å². The first-order valence-corrected chi connectivity index (χ1v) is 4.98. The fourth-order valence-electron chi connectivity index (χ4n) is 0.341. The number of hydrogen-bond donors (Lipinski definition) is 0. The highest BCUT2D eigenvalue weighted by Gasteiger charge is 1.81. The van der Waals surface area contributed by atoms with E-state index >= 15 is 0 Å². The first kappa shape index (κ1) is 7.83. The molecule has 0 saturated heterocycles. The van der Waals surface area contributed by atoms with Crippen LogP contribution < -0.4 is 0 Å². The fourth-order valence-corrected chi connectivity index (χ4v) is 1.23. The van der Waals surface area contributed by atoms with E-state index in [1.807, 2.05) is 11.8 Å². The van der Waals surface area contributed by atoms with Gasteiger partial charge in [0, 0.05) is 5.33 Å². The maximum atomic E-state index is 3.37. The van der Waals surface area contributed by atoms with Crippen molar-refractivity contribution in [1.29, 1.82) is 0 Å². The number of thioether (sulfide) groups is 1. The third-order valence-electron chi connectivity index (χ3n) is 0.732. The summed E-state index contributed by atoms with van der Waals surface area (Å²) in [4.78, 5) is 0. The maximum Gasteiger partial charge on any atom is 0.00315 e. The molecule has 0 aliphatic rings. The van der Waals surface area contributed by atoms with Crippen LogP contribution in [0.1, 0.15) is 12.8 Å². The molecule has 0 aliphatic carbocycles. The van der Waals surface area contributed by atoms with Crippen LogP contribution in [0.4, 0.5) is 0 Å². The molecule has 0 heterocycles. The summed E-state index contributed by atoms with van der Waals surface area (Å²) in [5, 5.41) is 1.16. The van der Waals surface area contributed by atoms with Crippen LogP contribution in [0.25, 0.3) is 0 Å². The molecule has 0 bridgehead atoms. The lowest BCUT2D eigenvalue weighted by Gasteiger charge is -1.89. The molecule has 0 aromatic heterocycles. The third-order valence-corrected chi connectivity index (χ3v) is 1.99. The van der Waals surface area contributed by atoms with Gasteiger partial charge in [0.05, 0.1) is 0 Å². The second-order valence-corrected chi connectivity index (χ2v) is 3.17. The van der Waals surface area contributed by atoms with E-state index in [9.17, 15) is 0 Å². The molecule has 0 aromatic carbocycles. The van der Waals surface area contributed by atoms with Crippen molar-refractivity contribution in [1.82, 2.24) is 0 Å². The molecule has 0 rings (SSSR count). The van der Waals surface area contributed by atoms with Crippen LogP contribution in [0, 0.1) is 0 Å². The zero-order chi connectivity index (χ0) is 5.54. The highest BCUT2D eigenvalue weighted by Crippen LogP contribution is 2.00. The minimum Gasteiger partial charge on any atom is -0.165 e. The second kappa shape index (κ2) is 6.83. The van der Waals surface area contributed by atoms with Gasteiger partial charge in [0.15, 0.2) is 0 Å². The molecule has 0 aromatic rings. The molecule has 0 N–H and O–H groups in total. The highest BCUT2D eigenvalue weighted by molar-refractivity contribution is 9.09. The predicted molar refractivity (Wildman–Crippen MR) is 41.4 cm³/mol. The quantitative estimate of drug-likeness (QED) is 0.476. The molecule has 0 fully saturated rings. The molecular weight excluding hydrogens is 172 g/mol. The van der Waals surface area contributed by atoms with Gasteiger partial charge in [-0.3, -0.25) is 0 Å². The molecule has 0 amide bonds. The van der Waals surface area contributed by atoms with Gasteiger partial charge in [0.2, 0.25) is 0 Å². The second-order valence-electron chi connectivity index (χ2n) is 1.39. The number of rotatable bonds is 4. The summed E-state index contributed by atoms with van der Waals surface area (Å²) >= 11 is 5.29. The zero-order valence-electron chi connectivity index (χ0n) is 4.61. The van der Waals surface area contributed by atoms with Crippen LogP contribution in [0.15, 0.2) is 0 Å². The van der Waals surface area contributed by atoms with E-state index in [4.69, 9.17) is 0 Å². The summed E-state index contributed by atoms with van der Waals surface area (Å²) in [7, 11) is 0. The summed E-state index contributed by atoms with van der Waals surface area (Å²) in [5.41, 5.74) is 0. The summed E-state index contributed by atoms with van der Waals surface area (Å²) in [6, 6.07) is 0. The maximum absolute atomic E-state index is 3.37. The van der Waals surface area contributed by atoms with E-state index in [2.05, 4.69) is 22.2 Å². The van der Waals surface area contributed by atoms with Gasteiger partial charge in [-0.15, -0.1) is 0 Å². The van der Waals surface area contributed by atoms with Gasteiger partial charge in [0.1, 0.15) is 0 Å². The topological polar surface area (TPSA) is 0 Å². The average molecular weight is 183 g/mol. The van der Waals surface area contributed by atoms with E-state index < -0.39 is 0 Å². The molecule has 7 heavy (non-hydrogen) atoms. The van der Waals surface area contributed by atoms with Gasteiger partial charge in [-0.2, -0.15) is 11.8 Å². The molecule has 0 saturated carbocycles. The lowest BCUT2D eigenvalue weighted by Crippen LogP contribution is -1.77. The van der Waals surface area contributed by atoms with Crippen LogP contribution in [0.5, 0.6) is 0 Å². The first-order chi connectivity index (χ1) is 3.41. The van der Waals surface area contributed by atoms with Gasteiger partial charge in [0.25, 0.3) is 0 Å². The fraction of sp³-hybridized carbons (Fsp3) is 1.00. The lowest BCUT2D eigenvalue weighted by molar-refractivity contribution is 0.914. The van der Waals surface area contributed by atoms with Gasteiger partial charge < -0.3 is 0 Å². The van der Waals surface area contributed by atoms with Crippen molar-refractivity contribution in [3.05, 3.63) is 0 Å². The molecule has 2 heteroatoms. The Morgan fingerprint density at radius 2 is 2.14 bits per heavy atom. The standard InChI is InChI=1S/C5H11BrS/c1-7-5-3-2-4-6/h2-5H2,1H3. The van der Waals surface area contributed by atoms with Gasteiger partial charge in [-0.25, -0.2) is 0 Å². The Morgan fingerprint density at radius 1 is 1.43 bits per heavy atom. The van der Waals surface area contributed by atoms with Gasteiger partial charge in [-0.05, 0) is 24.9 Å². The monoisotopic (exact) mass is 182 g/mol. The Labute approximate surface area is 58.2 Å². The smallest absolute Gasteiger partial charge is 0.00315 e. The molecule has 0 aliphatic heterocycles. The van der Waals surface area contributed by atoms with Crippen molar-refractivity contribution in [2.45, 2.75) is 12.8 Å². The lowest BCUT2D eigenvalue weighted by atomic mass is 10.4. The summed E-state index contributed by atoms with van der Waals surface area (Å²) < 4.78 is 0. The molecule has 0 atom stereocenters. The van der Waals surface area contributed by atoms with Crippen LogP contribution in [-0.2, 0) is 0 Å². The first-order valence-electron chi connectivity index (χ1n) is 2.46. The van der Waals surface area contributed by atoms with E-state index in [0.29, 0.717) is 0 Å². The van der Waals surface area contributed by atoms with Crippen LogP contribution in [0.2, 0.25) is 0 Å². The van der Waals surface area contributed by atoms with E-state index in [0.717, 1.165) is 5.33 Å². The zero-order valence-corrected chi connectivity index (χ0v) is 7.02. The van der Waals surface area contributed by atoms with Crippen molar-refractivity contribution in [3.8, 4) is 0 Å². The van der Waals surface area contributed by atoms with Crippen LogP contribution in [0.3, 0.4) is 0 Å². The summed E-state index contributed by atoms with van der Waals surface area (Å²) in [6.45, 7) is 0. The van der Waals surface area contributed by atoms with Crippen molar-refractivity contribution < 1.29 is 0 Å². The molecule has 0 spiro atoms. The summed E-state index contributed by atoms with van der Waals surface area (Å²) in [6.07, 6.45) is 4.82. The van der Waals surface area contributed by atoms with E-state index in [-0.39, 0.29) is 0 Å². The van der Waals surface area contributed by atoms with Crippen molar-refractivity contribution in [2.75, 3.05) is 17.3 Å². The Bertz CT molecular complexity index is 27.3. The van der Waals surface area contributed by atoms with Crippen molar-refractivity contribution in [2.24, 2.45) is 0 Å². The predicted octanol–water partition coefficient (Wildman–Crippen LogP) is 2.52. The largest absolute Gasteiger partial charge is 0.165 e. The Balaban J connectivity index is 2.45. The van der Waals surface area contributed by atoms with Crippen molar-refractivity contribution in [3.63, 3.8) is 0 Å². The Kier molecular flexibility index (Phi) is 7.64. The summed E-state index contributed by atoms with van der Waals surface area (Å²) in [5.74, 6) is 1.31. The average Bonchev–Trinajstić information content (AvgIpc) is 1.69. The molecule has 0 radical (unpaired) electrons. The molecule has 0 unspecified atom stereocenters. The molecule has 0 nitrogen and oxygen atoms in total. The minimum absolute atomic E-state index is 1.16. The number of unbranched alkanes of at least 4 members (excludes halogenated alkanes) is 1. The number of hydrogen-bond acceptors (Lipinski definition) is 1. The number of alkyl halides is 1. The Hall–Kier alpha value is 0.830. The molecular formula is C5H11BrS. The van der Waals surface area contributed by atoms with Gasteiger partial charge >= 0.3 is 0 Å². The SMILES string of the molecule is CSCCCCBr. The third kappa shape index (κ3) is 6.83. The Morgan fingerprint density at radius 3 is 2.57 bits per heavy atom. The molecule has 44 valence electrons. The minimum atomic E-state index is 1.16. The van der Waals surface area contributed by atoms with E-state index in [1.54, 1.807) is 0 Å². The van der Waals surface area contributed by atoms with Gasteiger partial charge in [-0.1, -0.05) is 15.9 Å². The highest BCUT2D eigenvalue weighted by atomic mass is 79.9. The normalized spacial score (nSPS) is 9.43. The number of halogens is 1.